The minimum atomic E-state index is -3.09. The predicted octanol–water partition coefficient (Wildman–Crippen LogP) is 1.92. The molecule has 2 aliphatic rings. The molecule has 154 valence electrons. The van der Waals surface area contributed by atoms with Crippen molar-refractivity contribution in [3.8, 4) is 0 Å². The van der Waals surface area contributed by atoms with E-state index in [1.165, 1.54) is 4.90 Å². The fourth-order valence-electron chi connectivity index (χ4n) is 4.19. The largest absolute Gasteiger partial charge is 0.452 e. The number of esters is 1. The molecule has 0 bridgehead atoms. The highest BCUT2D eigenvalue weighted by Crippen LogP contribution is 2.29. The number of hydrogen-bond acceptors (Lipinski definition) is 6. The third-order valence-electron chi connectivity index (χ3n) is 5.85. The van der Waals surface area contributed by atoms with Gasteiger partial charge in [0.25, 0.3) is 5.91 Å². The number of pyridine rings is 1. The number of amides is 1. The second-order valence-corrected chi connectivity index (χ2v) is 10.0. The van der Waals surface area contributed by atoms with Gasteiger partial charge in [-0.1, -0.05) is 18.2 Å². The van der Waals surface area contributed by atoms with Gasteiger partial charge in [-0.2, -0.15) is 0 Å². The van der Waals surface area contributed by atoms with Gasteiger partial charge in [0.1, 0.15) is 0 Å². The molecule has 1 aliphatic heterocycles. The van der Waals surface area contributed by atoms with E-state index in [1.54, 1.807) is 7.05 Å². The molecule has 4 rings (SSSR count). The van der Waals surface area contributed by atoms with E-state index in [-0.39, 0.29) is 17.5 Å². The lowest BCUT2D eigenvalue weighted by Crippen LogP contribution is -2.40. The van der Waals surface area contributed by atoms with E-state index in [0.717, 1.165) is 47.8 Å². The molecule has 0 saturated carbocycles. The molecule has 0 radical (unpaired) electrons. The van der Waals surface area contributed by atoms with E-state index in [0.29, 0.717) is 12.0 Å². The Hall–Kier alpha value is -2.48. The number of fused-ring (bicyclic) bond motifs is 2. The Labute approximate surface area is 170 Å². The summed E-state index contributed by atoms with van der Waals surface area (Å²) in [7, 11) is -1.53. The molecule has 0 N–H and O–H groups in total. The normalized spacial score (nSPS) is 20.2. The van der Waals surface area contributed by atoms with E-state index < -0.39 is 28.3 Å². The molecule has 1 saturated heterocycles. The number of carbonyl (C=O) groups excluding carboxylic acids is 2. The minimum absolute atomic E-state index is 0.0360. The van der Waals surface area contributed by atoms with Crippen molar-refractivity contribution < 1.29 is 22.7 Å². The lowest BCUT2D eigenvalue weighted by atomic mass is 9.90. The van der Waals surface area contributed by atoms with Crippen LogP contribution in [0.4, 0.5) is 0 Å². The Kier molecular flexibility index (Phi) is 5.29. The van der Waals surface area contributed by atoms with Crippen LogP contribution in [0.3, 0.4) is 0 Å². The van der Waals surface area contributed by atoms with Crippen LogP contribution in [0.2, 0.25) is 0 Å². The standard InChI is InChI=1S/C21H24N2O5S/c1-23(14-10-11-29(26,27)13-14)19(24)12-28-21(25)20-15-6-2-4-8-17(15)22-18-9-5-3-7-16(18)20/h2,4,6,8,14H,3,5,7,9-13H2,1H3/t14-/m1/s1. The molecule has 1 aromatic heterocycles. The lowest BCUT2D eigenvalue weighted by Gasteiger charge is -2.23. The summed E-state index contributed by atoms with van der Waals surface area (Å²) in [4.78, 5) is 31.5. The summed E-state index contributed by atoms with van der Waals surface area (Å²) in [5.74, 6) is -0.870. The first-order valence-electron chi connectivity index (χ1n) is 9.89. The van der Waals surface area contributed by atoms with E-state index in [4.69, 9.17) is 9.72 Å². The van der Waals surface area contributed by atoms with Crippen LogP contribution in [0.25, 0.3) is 10.9 Å². The van der Waals surface area contributed by atoms with Crippen LogP contribution in [0, 0.1) is 0 Å². The van der Waals surface area contributed by atoms with Crippen molar-refractivity contribution >= 4 is 32.6 Å². The van der Waals surface area contributed by atoms with E-state index in [9.17, 15) is 18.0 Å². The number of ether oxygens (including phenoxy) is 1. The van der Waals surface area contributed by atoms with Gasteiger partial charge in [-0.05, 0) is 43.7 Å². The van der Waals surface area contributed by atoms with Crippen molar-refractivity contribution in [2.24, 2.45) is 0 Å². The smallest absolute Gasteiger partial charge is 0.339 e. The summed E-state index contributed by atoms with van der Waals surface area (Å²) >= 11 is 0. The van der Waals surface area contributed by atoms with E-state index >= 15 is 0 Å². The third kappa shape index (κ3) is 3.99. The van der Waals surface area contributed by atoms with Gasteiger partial charge in [-0.3, -0.25) is 9.78 Å². The minimum Gasteiger partial charge on any atom is -0.452 e. The number of para-hydroxylation sites is 1. The van der Waals surface area contributed by atoms with E-state index in [1.807, 2.05) is 24.3 Å². The molecule has 29 heavy (non-hydrogen) atoms. The lowest BCUT2D eigenvalue weighted by molar-refractivity contribution is -0.134. The summed E-state index contributed by atoms with van der Waals surface area (Å²) in [5, 5.41) is 0.737. The predicted molar refractivity (Wildman–Crippen MR) is 108 cm³/mol. The topological polar surface area (TPSA) is 93.6 Å². The monoisotopic (exact) mass is 416 g/mol. The zero-order valence-corrected chi connectivity index (χ0v) is 17.2. The van der Waals surface area contributed by atoms with Crippen molar-refractivity contribution in [1.29, 1.82) is 0 Å². The number of sulfone groups is 1. The van der Waals surface area contributed by atoms with Crippen LogP contribution >= 0.6 is 0 Å². The van der Waals surface area contributed by atoms with Gasteiger partial charge in [-0.15, -0.1) is 0 Å². The zero-order chi connectivity index (χ0) is 20.6. The molecule has 0 unspecified atom stereocenters. The fraction of sp³-hybridized carbons (Fsp3) is 0.476. The number of likely N-dealkylation sites (N-methyl/N-ethyl adjacent to an activating group) is 1. The number of hydrogen-bond donors (Lipinski definition) is 0. The summed E-state index contributed by atoms with van der Waals surface area (Å²) < 4.78 is 28.7. The van der Waals surface area contributed by atoms with Crippen LogP contribution in [0.5, 0.6) is 0 Å². The Balaban J connectivity index is 1.53. The molecule has 8 heteroatoms. The summed E-state index contributed by atoms with van der Waals surface area (Å²) in [6.07, 6.45) is 4.05. The van der Waals surface area contributed by atoms with Crippen molar-refractivity contribution in [3.05, 3.63) is 41.1 Å². The highest BCUT2D eigenvalue weighted by atomic mass is 32.2. The van der Waals surface area contributed by atoms with Crippen molar-refractivity contribution in [2.45, 2.75) is 38.1 Å². The van der Waals surface area contributed by atoms with E-state index in [2.05, 4.69) is 0 Å². The maximum Gasteiger partial charge on any atom is 0.339 e. The molecule has 7 nitrogen and oxygen atoms in total. The van der Waals surface area contributed by atoms with Gasteiger partial charge in [0.2, 0.25) is 0 Å². The van der Waals surface area contributed by atoms with Crippen LogP contribution in [0.15, 0.2) is 24.3 Å². The Morgan fingerprint density at radius 3 is 2.72 bits per heavy atom. The molecular weight excluding hydrogens is 392 g/mol. The van der Waals surface area contributed by atoms with Crippen molar-refractivity contribution in [3.63, 3.8) is 0 Å². The number of carbonyl (C=O) groups is 2. The van der Waals surface area contributed by atoms with Crippen LogP contribution in [-0.2, 0) is 32.2 Å². The fourth-order valence-corrected chi connectivity index (χ4v) is 5.97. The molecule has 2 aromatic rings. The summed E-state index contributed by atoms with van der Waals surface area (Å²) in [5.41, 5.74) is 3.10. The average molecular weight is 416 g/mol. The first-order chi connectivity index (χ1) is 13.9. The van der Waals surface area contributed by atoms with Crippen LogP contribution < -0.4 is 0 Å². The molecule has 1 fully saturated rings. The van der Waals surface area contributed by atoms with Gasteiger partial charge in [0, 0.05) is 24.2 Å². The third-order valence-corrected chi connectivity index (χ3v) is 7.60. The molecular formula is C21H24N2O5S. The van der Waals surface area contributed by atoms with Gasteiger partial charge in [-0.25, -0.2) is 13.2 Å². The van der Waals surface area contributed by atoms with Crippen LogP contribution in [-0.4, -0.2) is 61.4 Å². The van der Waals surface area contributed by atoms with Gasteiger partial charge in [0.15, 0.2) is 16.4 Å². The van der Waals surface area contributed by atoms with Gasteiger partial charge < -0.3 is 9.64 Å². The Morgan fingerprint density at radius 1 is 1.21 bits per heavy atom. The SMILES string of the molecule is CN(C(=O)COC(=O)c1c2c(nc3ccccc13)CCCC2)[C@@H]1CCS(=O)(=O)C1. The highest BCUT2D eigenvalue weighted by molar-refractivity contribution is 7.91. The number of aromatic nitrogens is 1. The maximum atomic E-state index is 13.0. The number of aryl methyl sites for hydroxylation is 1. The molecule has 2 heterocycles. The first kappa shape index (κ1) is 19.8. The second-order valence-electron chi connectivity index (χ2n) is 7.77. The van der Waals surface area contributed by atoms with Gasteiger partial charge >= 0.3 is 5.97 Å². The second kappa shape index (κ2) is 7.74. The van der Waals surface area contributed by atoms with Crippen molar-refractivity contribution in [1.82, 2.24) is 9.88 Å². The summed E-state index contributed by atoms with van der Waals surface area (Å²) in [6, 6.07) is 7.11. The highest BCUT2D eigenvalue weighted by Gasteiger charge is 2.33. The number of benzene rings is 1. The zero-order valence-electron chi connectivity index (χ0n) is 16.4. The molecule has 1 atom stereocenters. The molecule has 0 spiro atoms. The molecule has 1 aliphatic carbocycles. The molecule has 1 amide bonds. The van der Waals surface area contributed by atoms with Crippen molar-refractivity contribution in [2.75, 3.05) is 25.2 Å². The summed E-state index contributed by atoms with van der Waals surface area (Å²) in [6.45, 7) is -0.405. The number of nitrogens with zero attached hydrogens (tertiary/aromatic N) is 2. The maximum absolute atomic E-state index is 13.0. The number of rotatable bonds is 4. The van der Waals surface area contributed by atoms with Gasteiger partial charge in [0.05, 0.1) is 22.6 Å². The Bertz CT molecular complexity index is 1080. The first-order valence-corrected chi connectivity index (χ1v) is 11.7. The average Bonchev–Trinajstić information content (AvgIpc) is 3.09. The Morgan fingerprint density at radius 2 is 1.97 bits per heavy atom. The quantitative estimate of drug-likeness (QED) is 0.707. The molecule has 1 aromatic carbocycles. The van der Waals surface area contributed by atoms with Crippen LogP contribution in [0.1, 0.15) is 40.9 Å².